The number of esters is 1. The number of ether oxygens (including phenoxy) is 3. The molecule has 0 fully saturated rings. The lowest BCUT2D eigenvalue weighted by molar-refractivity contribution is -0.175. The van der Waals surface area contributed by atoms with Gasteiger partial charge in [0, 0.05) is 36.0 Å². The van der Waals surface area contributed by atoms with E-state index in [-0.39, 0.29) is 30.8 Å². The summed E-state index contributed by atoms with van der Waals surface area (Å²) in [6.07, 6.45) is 5.67. The monoisotopic (exact) mass is 386 g/mol. The van der Waals surface area contributed by atoms with Crippen molar-refractivity contribution >= 4 is 16.9 Å². The molecule has 28 heavy (non-hydrogen) atoms. The highest BCUT2D eigenvalue weighted by molar-refractivity contribution is 5.87. The van der Waals surface area contributed by atoms with Crippen LogP contribution in [0.3, 0.4) is 0 Å². The van der Waals surface area contributed by atoms with E-state index in [4.69, 9.17) is 18.6 Å². The summed E-state index contributed by atoms with van der Waals surface area (Å²) in [5.74, 6) is -0.685. The van der Waals surface area contributed by atoms with Crippen molar-refractivity contribution in [2.45, 2.75) is 32.0 Å². The highest BCUT2D eigenvalue weighted by atomic mass is 16.7. The molecule has 1 aliphatic heterocycles. The van der Waals surface area contributed by atoms with Crippen LogP contribution in [-0.2, 0) is 19.0 Å². The minimum atomic E-state index is -0.619. The number of aliphatic hydroxyl groups excluding tert-OH is 1. The van der Waals surface area contributed by atoms with Gasteiger partial charge in [0.2, 0.25) is 12.0 Å². The lowest BCUT2D eigenvalue weighted by Gasteiger charge is -2.36. The highest BCUT2D eigenvalue weighted by Gasteiger charge is 2.39. The molecule has 150 valence electrons. The van der Waals surface area contributed by atoms with Crippen molar-refractivity contribution in [2.24, 2.45) is 5.92 Å². The molecule has 2 aromatic rings. The van der Waals surface area contributed by atoms with Crippen molar-refractivity contribution in [1.29, 1.82) is 0 Å². The first-order chi connectivity index (χ1) is 13.7. The van der Waals surface area contributed by atoms with Gasteiger partial charge in [0.25, 0.3) is 0 Å². The van der Waals surface area contributed by atoms with Crippen LogP contribution in [0.4, 0.5) is 0 Å². The fourth-order valence-corrected chi connectivity index (χ4v) is 3.57. The van der Waals surface area contributed by atoms with E-state index < -0.39 is 12.3 Å². The molecule has 3 atom stereocenters. The SMILES string of the molecule is C=CCOC(=O)C1=C[C@@H](c2coc3ccccc23)[C@@H](CCCO)[C@@H](OCC)O1. The molecular weight excluding hydrogens is 360 g/mol. The van der Waals surface area contributed by atoms with Gasteiger partial charge in [0.15, 0.2) is 0 Å². The fourth-order valence-electron chi connectivity index (χ4n) is 3.57. The van der Waals surface area contributed by atoms with Crippen molar-refractivity contribution in [3.63, 3.8) is 0 Å². The molecular formula is C22H26O6. The van der Waals surface area contributed by atoms with Crippen molar-refractivity contribution in [2.75, 3.05) is 19.8 Å². The molecule has 0 spiro atoms. The minimum absolute atomic E-state index is 0.0755. The Bertz CT molecular complexity index is 836. The molecule has 1 aromatic heterocycles. The van der Waals surface area contributed by atoms with Gasteiger partial charge in [-0.25, -0.2) is 4.79 Å². The molecule has 6 nitrogen and oxygen atoms in total. The molecule has 0 aliphatic carbocycles. The number of hydrogen-bond donors (Lipinski definition) is 1. The highest BCUT2D eigenvalue weighted by Crippen LogP contribution is 2.42. The summed E-state index contributed by atoms with van der Waals surface area (Å²) in [4.78, 5) is 12.4. The zero-order valence-corrected chi connectivity index (χ0v) is 16.0. The maximum Gasteiger partial charge on any atom is 0.373 e. The van der Waals surface area contributed by atoms with E-state index >= 15 is 0 Å². The second-order valence-electron chi connectivity index (χ2n) is 6.60. The van der Waals surface area contributed by atoms with Crippen LogP contribution < -0.4 is 0 Å². The molecule has 2 heterocycles. The molecule has 1 N–H and O–H groups in total. The average Bonchev–Trinajstić information content (AvgIpc) is 3.14. The van der Waals surface area contributed by atoms with Gasteiger partial charge >= 0.3 is 5.97 Å². The molecule has 1 aromatic carbocycles. The summed E-state index contributed by atoms with van der Waals surface area (Å²) in [7, 11) is 0. The number of hydrogen-bond acceptors (Lipinski definition) is 6. The summed E-state index contributed by atoms with van der Waals surface area (Å²) in [6, 6.07) is 7.77. The second-order valence-corrected chi connectivity index (χ2v) is 6.60. The summed E-state index contributed by atoms with van der Waals surface area (Å²) in [5.41, 5.74) is 1.74. The Labute approximate surface area is 164 Å². The predicted molar refractivity (Wildman–Crippen MR) is 105 cm³/mol. The van der Waals surface area contributed by atoms with Gasteiger partial charge in [-0.1, -0.05) is 30.9 Å². The average molecular weight is 386 g/mol. The van der Waals surface area contributed by atoms with Crippen LogP contribution in [0, 0.1) is 5.92 Å². The third-order valence-electron chi connectivity index (χ3n) is 4.81. The van der Waals surface area contributed by atoms with E-state index in [1.54, 1.807) is 12.3 Å². The third kappa shape index (κ3) is 4.29. The number of benzene rings is 1. The van der Waals surface area contributed by atoms with Crippen LogP contribution in [0.1, 0.15) is 31.2 Å². The van der Waals surface area contributed by atoms with Crippen LogP contribution in [0.15, 0.2) is 59.4 Å². The number of aliphatic hydroxyl groups is 1. The van der Waals surface area contributed by atoms with Gasteiger partial charge in [-0.3, -0.25) is 0 Å². The van der Waals surface area contributed by atoms with Gasteiger partial charge in [-0.15, -0.1) is 0 Å². The normalized spacial score (nSPS) is 21.8. The summed E-state index contributed by atoms with van der Waals surface area (Å²) in [6.45, 7) is 6.05. The number of carbonyl (C=O) groups excluding carboxylic acids is 1. The zero-order chi connectivity index (χ0) is 19.9. The first-order valence-corrected chi connectivity index (χ1v) is 9.54. The molecule has 3 rings (SSSR count). The summed E-state index contributed by atoms with van der Waals surface area (Å²) < 4.78 is 22.5. The fraction of sp³-hybridized carbons (Fsp3) is 0.409. The quantitative estimate of drug-likeness (QED) is 0.520. The maximum atomic E-state index is 12.4. The maximum absolute atomic E-state index is 12.4. The van der Waals surface area contributed by atoms with E-state index in [0.29, 0.717) is 19.4 Å². The molecule has 1 aliphatic rings. The molecule has 6 heteroatoms. The number of carbonyl (C=O) groups is 1. The number of fused-ring (bicyclic) bond motifs is 1. The first kappa shape index (κ1) is 20.2. The Morgan fingerprint density at radius 3 is 2.93 bits per heavy atom. The number of rotatable bonds is 9. The van der Waals surface area contributed by atoms with E-state index in [2.05, 4.69) is 6.58 Å². The summed E-state index contributed by atoms with van der Waals surface area (Å²) >= 11 is 0. The van der Waals surface area contributed by atoms with E-state index in [1.165, 1.54) is 6.08 Å². The van der Waals surface area contributed by atoms with Crippen molar-refractivity contribution in [3.05, 3.63) is 60.6 Å². The van der Waals surface area contributed by atoms with Gasteiger partial charge in [-0.2, -0.15) is 0 Å². The van der Waals surface area contributed by atoms with Crippen LogP contribution in [-0.4, -0.2) is 37.2 Å². The van der Waals surface area contributed by atoms with Gasteiger partial charge in [0.1, 0.15) is 12.2 Å². The van der Waals surface area contributed by atoms with E-state index in [9.17, 15) is 9.90 Å². The molecule has 0 saturated heterocycles. The van der Waals surface area contributed by atoms with Gasteiger partial charge < -0.3 is 23.7 Å². The molecule has 0 unspecified atom stereocenters. The number of allylic oxidation sites excluding steroid dienone is 1. The van der Waals surface area contributed by atoms with Crippen LogP contribution in [0.2, 0.25) is 0 Å². The Hall–Kier alpha value is -2.57. The Balaban J connectivity index is 2.02. The standard InChI is InChI=1S/C22H26O6/c1-3-12-26-21(24)20-13-17(16(9-7-11-23)22(28-20)25-4-2)18-14-27-19-10-6-5-8-15(18)19/h3,5-6,8,10,13-14,16-17,22-23H,1,4,7,9,11-12H2,2H3/t16-,17-,22+/m1/s1. The van der Waals surface area contributed by atoms with Gasteiger partial charge in [-0.05, 0) is 31.9 Å². The molecule has 0 radical (unpaired) electrons. The number of para-hydroxylation sites is 1. The van der Waals surface area contributed by atoms with Crippen LogP contribution in [0.5, 0.6) is 0 Å². The number of furan rings is 1. The predicted octanol–water partition coefficient (Wildman–Crippen LogP) is 3.91. The Morgan fingerprint density at radius 1 is 1.36 bits per heavy atom. The zero-order valence-electron chi connectivity index (χ0n) is 16.0. The molecule has 0 saturated carbocycles. The largest absolute Gasteiger partial charge is 0.464 e. The van der Waals surface area contributed by atoms with Crippen molar-refractivity contribution in [3.8, 4) is 0 Å². The summed E-state index contributed by atoms with van der Waals surface area (Å²) in [5, 5.41) is 10.3. The van der Waals surface area contributed by atoms with Gasteiger partial charge in [0.05, 0.1) is 6.26 Å². The lowest BCUT2D eigenvalue weighted by atomic mass is 9.80. The van der Waals surface area contributed by atoms with Crippen LogP contribution in [0.25, 0.3) is 11.0 Å². The lowest BCUT2D eigenvalue weighted by Crippen LogP contribution is -2.36. The second kappa shape index (κ2) is 9.57. The third-order valence-corrected chi connectivity index (χ3v) is 4.81. The van der Waals surface area contributed by atoms with Crippen molar-refractivity contribution in [1.82, 2.24) is 0 Å². The van der Waals surface area contributed by atoms with Crippen LogP contribution >= 0.6 is 0 Å². The molecule has 0 bridgehead atoms. The Morgan fingerprint density at radius 2 is 2.18 bits per heavy atom. The molecule has 0 amide bonds. The smallest absolute Gasteiger partial charge is 0.373 e. The van der Waals surface area contributed by atoms with E-state index in [0.717, 1.165) is 16.5 Å². The Kier molecular flexibility index (Phi) is 6.90. The van der Waals surface area contributed by atoms with E-state index in [1.807, 2.05) is 31.2 Å². The van der Waals surface area contributed by atoms with Crippen molar-refractivity contribution < 1.29 is 28.5 Å². The minimum Gasteiger partial charge on any atom is -0.464 e. The topological polar surface area (TPSA) is 78.1 Å². The first-order valence-electron chi connectivity index (χ1n) is 9.54.